The lowest BCUT2D eigenvalue weighted by molar-refractivity contribution is 0.104. The summed E-state index contributed by atoms with van der Waals surface area (Å²) in [6.45, 7) is 0.271. The van der Waals surface area contributed by atoms with Gasteiger partial charge in [0, 0.05) is 17.7 Å². The van der Waals surface area contributed by atoms with Crippen LogP contribution >= 0.6 is 0 Å². The van der Waals surface area contributed by atoms with Gasteiger partial charge >= 0.3 is 0 Å². The van der Waals surface area contributed by atoms with Gasteiger partial charge in [0.15, 0.2) is 5.78 Å². The van der Waals surface area contributed by atoms with Crippen molar-refractivity contribution in [2.24, 2.45) is 0 Å². The molecule has 0 spiro atoms. The van der Waals surface area contributed by atoms with Crippen molar-refractivity contribution in [3.8, 4) is 23.0 Å². The van der Waals surface area contributed by atoms with Crippen molar-refractivity contribution >= 4 is 11.9 Å². The molecule has 28 heavy (non-hydrogen) atoms. The molecule has 0 aliphatic rings. The van der Waals surface area contributed by atoms with Gasteiger partial charge in [0.05, 0.1) is 12.7 Å². The van der Waals surface area contributed by atoms with E-state index in [9.17, 15) is 15.0 Å². The molecule has 0 aliphatic carbocycles. The number of carbonyl (C=O) groups excluding carboxylic acids is 1. The summed E-state index contributed by atoms with van der Waals surface area (Å²) in [5.74, 6) is 0.526. The third kappa shape index (κ3) is 4.71. The number of hydrogen-bond donors (Lipinski definition) is 2. The largest absolute Gasteiger partial charge is 0.508 e. The van der Waals surface area contributed by atoms with Crippen LogP contribution in [0.3, 0.4) is 0 Å². The molecule has 0 fully saturated rings. The molecule has 5 nitrogen and oxygen atoms in total. The number of benzene rings is 3. The van der Waals surface area contributed by atoms with E-state index in [-0.39, 0.29) is 29.6 Å². The van der Waals surface area contributed by atoms with Crippen molar-refractivity contribution in [3.63, 3.8) is 0 Å². The molecule has 0 radical (unpaired) electrons. The van der Waals surface area contributed by atoms with Crippen LogP contribution in [0.1, 0.15) is 21.5 Å². The van der Waals surface area contributed by atoms with Crippen molar-refractivity contribution in [3.05, 3.63) is 89.5 Å². The smallest absolute Gasteiger partial charge is 0.189 e. The number of rotatable bonds is 7. The van der Waals surface area contributed by atoms with Crippen LogP contribution in [0.5, 0.6) is 23.0 Å². The highest BCUT2D eigenvalue weighted by atomic mass is 16.5. The second-order valence-corrected chi connectivity index (χ2v) is 6.08. The number of phenolic OH excluding ortho intramolecular Hbond substituents is 2. The molecule has 0 bridgehead atoms. The van der Waals surface area contributed by atoms with Crippen molar-refractivity contribution in [2.75, 3.05) is 7.11 Å². The van der Waals surface area contributed by atoms with Crippen molar-refractivity contribution in [2.45, 2.75) is 6.61 Å². The molecule has 0 heterocycles. The highest BCUT2D eigenvalue weighted by Crippen LogP contribution is 2.27. The van der Waals surface area contributed by atoms with Crippen LogP contribution in [0.25, 0.3) is 6.08 Å². The zero-order chi connectivity index (χ0) is 19.9. The van der Waals surface area contributed by atoms with E-state index in [0.717, 1.165) is 5.56 Å². The summed E-state index contributed by atoms with van der Waals surface area (Å²) in [6, 6.07) is 18.7. The zero-order valence-corrected chi connectivity index (χ0v) is 15.3. The first-order valence-electron chi connectivity index (χ1n) is 8.66. The number of aromatic hydroxyl groups is 2. The molecule has 0 amide bonds. The molecular formula is C23H20O5. The minimum Gasteiger partial charge on any atom is -0.508 e. The van der Waals surface area contributed by atoms with E-state index in [1.54, 1.807) is 12.1 Å². The zero-order valence-electron chi connectivity index (χ0n) is 15.3. The second kappa shape index (κ2) is 8.77. The van der Waals surface area contributed by atoms with Gasteiger partial charge in [0.1, 0.15) is 29.6 Å². The highest BCUT2D eigenvalue weighted by molar-refractivity contribution is 6.08. The Kier molecular flexibility index (Phi) is 5.97. The van der Waals surface area contributed by atoms with E-state index in [2.05, 4.69) is 0 Å². The van der Waals surface area contributed by atoms with Crippen LogP contribution in [0, 0.1) is 0 Å². The van der Waals surface area contributed by atoms with E-state index in [1.165, 1.54) is 43.5 Å². The molecule has 3 rings (SSSR count). The van der Waals surface area contributed by atoms with E-state index in [1.807, 2.05) is 30.3 Å². The van der Waals surface area contributed by atoms with Crippen molar-refractivity contribution < 1.29 is 24.5 Å². The Bertz CT molecular complexity index is 993. The third-order valence-electron chi connectivity index (χ3n) is 4.12. The first-order chi connectivity index (χ1) is 13.6. The number of carbonyl (C=O) groups is 1. The number of hydrogen-bond acceptors (Lipinski definition) is 5. The normalized spacial score (nSPS) is 10.8. The number of methoxy groups -OCH3 is 1. The Labute approximate surface area is 163 Å². The Hall–Kier alpha value is -3.73. The molecular weight excluding hydrogens is 356 g/mol. The summed E-state index contributed by atoms with van der Waals surface area (Å²) in [4.78, 5) is 12.6. The number of phenols is 2. The van der Waals surface area contributed by atoms with Gasteiger partial charge in [-0.25, -0.2) is 0 Å². The molecule has 0 aromatic heterocycles. The lowest BCUT2D eigenvalue weighted by Crippen LogP contribution is -2.02. The fraction of sp³-hybridized carbons (Fsp3) is 0.0870. The number of allylic oxidation sites excluding steroid dienone is 1. The Balaban J connectivity index is 1.79. The number of ketones is 1. The third-order valence-corrected chi connectivity index (χ3v) is 4.12. The predicted octanol–water partition coefficient (Wildman–Crippen LogP) is 4.58. The fourth-order valence-electron chi connectivity index (χ4n) is 2.62. The maximum absolute atomic E-state index is 12.6. The molecule has 0 atom stereocenters. The fourth-order valence-corrected chi connectivity index (χ4v) is 2.62. The highest BCUT2D eigenvalue weighted by Gasteiger charge is 2.12. The number of ether oxygens (including phenoxy) is 2. The van der Waals surface area contributed by atoms with Gasteiger partial charge in [-0.15, -0.1) is 0 Å². The van der Waals surface area contributed by atoms with Gasteiger partial charge < -0.3 is 19.7 Å². The predicted molar refractivity (Wildman–Crippen MR) is 107 cm³/mol. The molecule has 0 unspecified atom stereocenters. The van der Waals surface area contributed by atoms with Crippen LogP contribution in [0.4, 0.5) is 0 Å². The van der Waals surface area contributed by atoms with Crippen LogP contribution in [-0.2, 0) is 6.61 Å². The van der Waals surface area contributed by atoms with Crippen molar-refractivity contribution in [1.29, 1.82) is 0 Å². The quantitative estimate of drug-likeness (QED) is 0.466. The molecule has 3 aromatic carbocycles. The van der Waals surface area contributed by atoms with Gasteiger partial charge in [-0.3, -0.25) is 4.79 Å². The molecule has 0 saturated heterocycles. The SMILES string of the molecule is COc1ccc(C=CC(=O)c2ccc(O)cc2OCc2ccccc2)c(O)c1. The monoisotopic (exact) mass is 376 g/mol. The standard InChI is InChI=1S/C23H20O5/c1-27-19-10-7-17(22(26)14-19)8-12-21(25)20-11-9-18(24)13-23(20)28-15-16-5-3-2-4-6-16/h2-14,24,26H,15H2,1H3. The van der Waals surface area contributed by atoms with Crippen LogP contribution in [-0.4, -0.2) is 23.1 Å². The Morgan fingerprint density at radius 2 is 1.79 bits per heavy atom. The van der Waals surface area contributed by atoms with Crippen LogP contribution in [0.2, 0.25) is 0 Å². The summed E-state index contributed by atoms with van der Waals surface area (Å²) in [7, 11) is 1.51. The summed E-state index contributed by atoms with van der Waals surface area (Å²) < 4.78 is 10.8. The van der Waals surface area contributed by atoms with Gasteiger partial charge in [-0.1, -0.05) is 30.3 Å². The Morgan fingerprint density at radius 3 is 2.50 bits per heavy atom. The van der Waals surface area contributed by atoms with Gasteiger partial charge in [0.25, 0.3) is 0 Å². The maximum Gasteiger partial charge on any atom is 0.189 e. The lowest BCUT2D eigenvalue weighted by Gasteiger charge is -2.10. The summed E-state index contributed by atoms with van der Waals surface area (Å²) in [5, 5.41) is 19.8. The average Bonchev–Trinajstić information content (AvgIpc) is 2.72. The van der Waals surface area contributed by atoms with E-state index < -0.39 is 0 Å². The molecule has 0 aliphatic heterocycles. The molecule has 5 heteroatoms. The maximum atomic E-state index is 12.6. The molecule has 142 valence electrons. The minimum absolute atomic E-state index is 0.00894. The van der Waals surface area contributed by atoms with Gasteiger partial charge in [-0.05, 0) is 42.0 Å². The summed E-state index contributed by atoms with van der Waals surface area (Å²) in [5.41, 5.74) is 1.75. The van der Waals surface area contributed by atoms with Crippen molar-refractivity contribution in [1.82, 2.24) is 0 Å². The first kappa shape index (κ1) is 19.0. The topological polar surface area (TPSA) is 76.0 Å². The van der Waals surface area contributed by atoms with Gasteiger partial charge in [0.2, 0.25) is 0 Å². The van der Waals surface area contributed by atoms with Gasteiger partial charge in [-0.2, -0.15) is 0 Å². The second-order valence-electron chi connectivity index (χ2n) is 6.08. The van der Waals surface area contributed by atoms with Crippen LogP contribution in [0.15, 0.2) is 72.8 Å². The first-order valence-corrected chi connectivity index (χ1v) is 8.66. The van der Waals surface area contributed by atoms with Crippen LogP contribution < -0.4 is 9.47 Å². The summed E-state index contributed by atoms with van der Waals surface area (Å²) in [6.07, 6.45) is 2.87. The average molecular weight is 376 g/mol. The van der Waals surface area contributed by atoms with E-state index >= 15 is 0 Å². The van der Waals surface area contributed by atoms with E-state index in [0.29, 0.717) is 16.9 Å². The molecule has 0 saturated carbocycles. The molecule has 2 N–H and O–H groups in total. The minimum atomic E-state index is -0.307. The molecule has 3 aromatic rings. The lowest BCUT2D eigenvalue weighted by atomic mass is 10.1. The Morgan fingerprint density at radius 1 is 1.00 bits per heavy atom. The summed E-state index contributed by atoms with van der Waals surface area (Å²) >= 11 is 0. The van der Waals surface area contributed by atoms with E-state index in [4.69, 9.17) is 9.47 Å².